The second kappa shape index (κ2) is 10.3. The van der Waals surface area contributed by atoms with Gasteiger partial charge in [0.25, 0.3) is 0 Å². The number of nitrogens with zero attached hydrogens (tertiary/aromatic N) is 2. The Balaban J connectivity index is 1.41. The van der Waals surface area contributed by atoms with E-state index in [-0.39, 0.29) is 68.2 Å². The lowest BCUT2D eigenvalue weighted by atomic mass is 9.85. The highest BCUT2D eigenvalue weighted by molar-refractivity contribution is 6.23. The van der Waals surface area contributed by atoms with Gasteiger partial charge in [0.2, 0.25) is 0 Å². The molecule has 0 bridgehead atoms. The van der Waals surface area contributed by atoms with E-state index in [0.717, 1.165) is 10.8 Å². The lowest BCUT2D eigenvalue weighted by Crippen LogP contribution is -1.98. The molecule has 2 heteroatoms. The third kappa shape index (κ3) is 4.07. The first kappa shape index (κ1) is 15.7. The number of aromatic nitrogens is 2. The highest BCUT2D eigenvalue weighted by Crippen LogP contribution is 2.45. The average Bonchev–Trinajstić information content (AvgIpc) is 3.62. The fourth-order valence-corrected chi connectivity index (χ4v) is 6.22. The SMILES string of the molecule is [2H]c1c([2H])c([2H])c(-c2nc3ccccc3n2-c2ccc(-c3c4c([2H])c([2H])c([2H])c([2H])c4c(-c4cccc5ccccc45)c4c([2H])c([2H])c([2H])c([2H])c34)cc2)c([2H])c1[2H]. The van der Waals surface area contributed by atoms with Gasteiger partial charge in [-0.15, -0.1) is 0 Å². The summed E-state index contributed by atoms with van der Waals surface area (Å²) in [6, 6.07) is 20.9. The summed E-state index contributed by atoms with van der Waals surface area (Å²) in [5.41, 5.74) is 2.82. The Morgan fingerprint density at radius 2 is 1.07 bits per heavy atom. The third-order valence-electron chi connectivity index (χ3n) is 8.13. The smallest absolute Gasteiger partial charge is 0.145 e. The molecule has 1 heterocycles. The lowest BCUT2D eigenvalue weighted by molar-refractivity contribution is 1.10. The van der Waals surface area contributed by atoms with Crippen LogP contribution in [-0.4, -0.2) is 9.55 Å². The van der Waals surface area contributed by atoms with E-state index >= 15 is 0 Å². The molecule has 8 aromatic carbocycles. The zero-order valence-corrected chi connectivity index (χ0v) is 23.6. The molecular formula is C43H28N2. The first-order valence-corrected chi connectivity index (χ1v) is 14.3. The molecular weight excluding hydrogens is 544 g/mol. The Morgan fingerprint density at radius 3 is 1.80 bits per heavy atom. The van der Waals surface area contributed by atoms with Crippen molar-refractivity contribution in [2.75, 3.05) is 0 Å². The fraction of sp³-hybridized carbons (Fsp3) is 0. The molecule has 0 atom stereocenters. The van der Waals surface area contributed by atoms with Crippen LogP contribution in [0.5, 0.6) is 0 Å². The molecule has 9 rings (SSSR count). The molecule has 0 aliphatic rings. The zero-order chi connectivity index (χ0) is 41.1. The van der Waals surface area contributed by atoms with E-state index in [9.17, 15) is 5.48 Å². The van der Waals surface area contributed by atoms with E-state index < -0.39 is 54.4 Å². The van der Waals surface area contributed by atoms with Crippen LogP contribution in [0.15, 0.2) is 170 Å². The van der Waals surface area contributed by atoms with Crippen molar-refractivity contribution < 1.29 is 17.8 Å². The highest BCUT2D eigenvalue weighted by Gasteiger charge is 2.19. The number of rotatable bonds is 4. The molecule has 1 aromatic heterocycles. The summed E-state index contributed by atoms with van der Waals surface area (Å²) in [7, 11) is 0. The first-order valence-electron chi connectivity index (χ1n) is 20.8. The number of benzene rings is 8. The van der Waals surface area contributed by atoms with Crippen molar-refractivity contribution in [3.63, 3.8) is 0 Å². The minimum absolute atomic E-state index is 0.0760. The highest BCUT2D eigenvalue weighted by atomic mass is 15.1. The van der Waals surface area contributed by atoms with Crippen molar-refractivity contribution in [3.8, 4) is 39.3 Å². The summed E-state index contributed by atoms with van der Waals surface area (Å²) in [4.78, 5) is 4.72. The predicted molar refractivity (Wildman–Crippen MR) is 190 cm³/mol. The van der Waals surface area contributed by atoms with Crippen molar-refractivity contribution in [2.24, 2.45) is 0 Å². The molecule has 9 aromatic rings. The Hall–Kier alpha value is -5.99. The maximum absolute atomic E-state index is 9.32. The Bertz CT molecular complexity index is 3150. The van der Waals surface area contributed by atoms with Crippen molar-refractivity contribution in [1.82, 2.24) is 9.55 Å². The second-order valence-corrected chi connectivity index (χ2v) is 10.6. The van der Waals surface area contributed by atoms with Gasteiger partial charge in [-0.25, -0.2) is 4.98 Å². The van der Waals surface area contributed by atoms with Crippen molar-refractivity contribution in [1.29, 1.82) is 0 Å². The quantitative estimate of drug-likeness (QED) is 0.188. The molecule has 0 amide bonds. The van der Waals surface area contributed by atoms with Crippen LogP contribution in [0.2, 0.25) is 0 Å². The van der Waals surface area contributed by atoms with E-state index in [4.69, 9.17) is 17.3 Å². The molecule has 0 spiro atoms. The summed E-state index contributed by atoms with van der Waals surface area (Å²) >= 11 is 0. The van der Waals surface area contributed by atoms with Crippen LogP contribution in [0.4, 0.5) is 0 Å². The molecule has 0 aliphatic heterocycles. The van der Waals surface area contributed by atoms with Crippen LogP contribution < -0.4 is 0 Å². The van der Waals surface area contributed by atoms with Gasteiger partial charge in [0, 0.05) is 11.3 Å². The van der Waals surface area contributed by atoms with Gasteiger partial charge < -0.3 is 0 Å². The molecule has 0 aliphatic carbocycles. The largest absolute Gasteiger partial charge is 0.292 e. The van der Waals surface area contributed by atoms with E-state index in [1.807, 2.05) is 30.3 Å². The van der Waals surface area contributed by atoms with Crippen LogP contribution in [0.1, 0.15) is 17.8 Å². The van der Waals surface area contributed by atoms with E-state index in [1.54, 1.807) is 65.2 Å². The van der Waals surface area contributed by atoms with Crippen molar-refractivity contribution in [2.45, 2.75) is 0 Å². The molecule has 0 saturated heterocycles. The fourth-order valence-electron chi connectivity index (χ4n) is 6.22. The summed E-state index contributed by atoms with van der Waals surface area (Å²) in [5, 5.41) is 1.91. The summed E-state index contributed by atoms with van der Waals surface area (Å²) in [6.45, 7) is 0. The van der Waals surface area contributed by atoms with Gasteiger partial charge in [0.1, 0.15) is 5.82 Å². The minimum atomic E-state index is -0.535. The number of para-hydroxylation sites is 2. The number of hydrogen-bond donors (Lipinski definition) is 0. The topological polar surface area (TPSA) is 17.8 Å². The predicted octanol–water partition coefficient (Wildman–Crippen LogP) is 11.5. The van der Waals surface area contributed by atoms with Crippen LogP contribution in [0.25, 0.3) is 82.7 Å². The lowest BCUT2D eigenvalue weighted by Gasteiger charge is -2.19. The Kier molecular flexibility index (Phi) is 3.59. The summed E-state index contributed by atoms with van der Waals surface area (Å²) in [5.74, 6) is 0.101. The number of fused-ring (bicyclic) bond motifs is 4. The van der Waals surface area contributed by atoms with Crippen molar-refractivity contribution >= 4 is 43.4 Å². The molecule has 2 nitrogen and oxygen atoms in total. The zero-order valence-electron chi connectivity index (χ0n) is 36.6. The molecule has 210 valence electrons. The van der Waals surface area contributed by atoms with Crippen LogP contribution in [0.3, 0.4) is 0 Å². The summed E-state index contributed by atoms with van der Waals surface area (Å²) < 4.78 is 116. The van der Waals surface area contributed by atoms with Gasteiger partial charge >= 0.3 is 0 Å². The van der Waals surface area contributed by atoms with Gasteiger partial charge in [0.15, 0.2) is 0 Å². The Morgan fingerprint density at radius 1 is 0.467 bits per heavy atom. The standard InChI is InChI=1S/C43H28N2/c1-2-14-31(15-3-1)43-44-39-23-10-11-24-40(39)45(43)32-27-25-30(26-28-32)41-35-18-6-8-20-37(35)42(38-21-9-7-19-36(38)41)34-22-12-16-29-13-4-5-17-33(29)34/h1-28H/i1D,2D,3D,6D,7D,8D,9D,14D,15D,18D,19D,20D,21D. The second-order valence-electron chi connectivity index (χ2n) is 10.6. The van der Waals surface area contributed by atoms with Gasteiger partial charge in [0.05, 0.1) is 28.9 Å². The third-order valence-corrected chi connectivity index (χ3v) is 8.13. The molecule has 0 unspecified atom stereocenters. The van der Waals surface area contributed by atoms with E-state index in [0.29, 0.717) is 27.8 Å². The molecule has 0 saturated carbocycles. The molecule has 0 N–H and O–H groups in total. The van der Waals surface area contributed by atoms with E-state index in [1.165, 1.54) is 0 Å². The number of hydrogen-bond acceptors (Lipinski definition) is 1. The van der Waals surface area contributed by atoms with Gasteiger partial charge in [-0.05, 0) is 78.8 Å². The Labute approximate surface area is 279 Å². The van der Waals surface area contributed by atoms with Gasteiger partial charge in [-0.1, -0.05) is 145 Å². The molecule has 45 heavy (non-hydrogen) atoms. The van der Waals surface area contributed by atoms with Crippen LogP contribution in [-0.2, 0) is 0 Å². The monoisotopic (exact) mass is 585 g/mol. The molecule has 0 fully saturated rings. The van der Waals surface area contributed by atoms with Crippen LogP contribution >= 0.6 is 0 Å². The maximum atomic E-state index is 9.32. The minimum Gasteiger partial charge on any atom is -0.292 e. The van der Waals surface area contributed by atoms with Gasteiger partial charge in [-0.2, -0.15) is 0 Å². The van der Waals surface area contributed by atoms with Crippen molar-refractivity contribution in [3.05, 3.63) is 170 Å². The average molecular weight is 586 g/mol. The molecule has 0 radical (unpaired) electrons. The number of imidazole rings is 1. The summed E-state index contributed by atoms with van der Waals surface area (Å²) in [6.07, 6.45) is 0. The van der Waals surface area contributed by atoms with E-state index in [2.05, 4.69) is 0 Å². The first-order chi connectivity index (χ1) is 27.7. The van der Waals surface area contributed by atoms with Gasteiger partial charge in [-0.3, -0.25) is 4.57 Å². The normalized spacial score (nSPS) is 15.6. The van der Waals surface area contributed by atoms with Crippen LogP contribution in [0, 0.1) is 0 Å². The maximum Gasteiger partial charge on any atom is 0.145 e.